The van der Waals surface area contributed by atoms with Crippen LogP contribution in [-0.4, -0.2) is 22.6 Å². The van der Waals surface area contributed by atoms with Gasteiger partial charge in [0.25, 0.3) is 11.6 Å². The molecule has 1 amide bonds. The monoisotopic (exact) mass is 514 g/mol. The van der Waals surface area contributed by atoms with Crippen molar-refractivity contribution in [3.8, 4) is 0 Å². The first-order valence-corrected chi connectivity index (χ1v) is 11.8. The van der Waals surface area contributed by atoms with E-state index in [9.17, 15) is 9.59 Å². The van der Waals surface area contributed by atoms with E-state index in [4.69, 9.17) is 4.74 Å². The lowest BCUT2D eigenvalue weighted by atomic mass is 9.91. The number of hydrogen-bond acceptors (Lipinski definition) is 4. The highest BCUT2D eigenvalue weighted by Crippen LogP contribution is 2.51. The Hall–Kier alpha value is -3.51. The number of benzene rings is 3. The van der Waals surface area contributed by atoms with Gasteiger partial charge in [0.2, 0.25) is 5.90 Å². The summed E-state index contributed by atoms with van der Waals surface area (Å²) in [6.45, 7) is 5.50. The lowest BCUT2D eigenvalue weighted by Crippen LogP contribution is -2.49. The van der Waals surface area contributed by atoms with E-state index in [1.165, 1.54) is 5.01 Å². The van der Waals surface area contributed by atoms with E-state index in [0.717, 1.165) is 15.6 Å². The van der Waals surface area contributed by atoms with Crippen LogP contribution in [0, 0.1) is 5.41 Å². The molecular weight excluding hydrogens is 492 g/mol. The first-order valence-electron chi connectivity index (χ1n) is 11.0. The van der Waals surface area contributed by atoms with Gasteiger partial charge in [-0.05, 0) is 35.9 Å². The smallest absolute Gasteiger partial charge is 0.263 e. The molecule has 5 rings (SSSR count). The van der Waals surface area contributed by atoms with Gasteiger partial charge in [-0.2, -0.15) is 5.01 Å². The van der Waals surface area contributed by atoms with Crippen LogP contribution in [0.15, 0.2) is 94.0 Å². The zero-order chi connectivity index (χ0) is 24.1. The molecular formula is C28H23BrN2O3. The van der Waals surface area contributed by atoms with E-state index in [1.807, 2.05) is 93.6 Å². The molecule has 2 aliphatic rings. The van der Waals surface area contributed by atoms with Gasteiger partial charge in [-0.3, -0.25) is 9.59 Å². The zero-order valence-electron chi connectivity index (χ0n) is 19.1. The third kappa shape index (κ3) is 3.49. The van der Waals surface area contributed by atoms with Crippen molar-refractivity contribution in [2.45, 2.75) is 26.5 Å². The molecule has 34 heavy (non-hydrogen) atoms. The van der Waals surface area contributed by atoms with Crippen LogP contribution in [0.1, 0.15) is 47.8 Å². The molecule has 3 aromatic rings. The molecule has 1 atom stereocenters. The van der Waals surface area contributed by atoms with Gasteiger partial charge in [-0.1, -0.05) is 91.3 Å². The lowest BCUT2D eigenvalue weighted by molar-refractivity contribution is -0.153. The van der Waals surface area contributed by atoms with Gasteiger partial charge in [-0.25, -0.2) is 0 Å². The minimum atomic E-state index is -1.49. The van der Waals surface area contributed by atoms with E-state index in [0.29, 0.717) is 22.6 Å². The summed E-state index contributed by atoms with van der Waals surface area (Å²) in [5, 5.41) is 6.04. The van der Waals surface area contributed by atoms with Gasteiger partial charge in [0.1, 0.15) is 0 Å². The van der Waals surface area contributed by atoms with Gasteiger partial charge >= 0.3 is 0 Å². The average Bonchev–Trinajstić information content (AvgIpc) is 3.33. The molecule has 1 heterocycles. The van der Waals surface area contributed by atoms with Gasteiger partial charge in [-0.15, -0.1) is 5.10 Å². The minimum Gasteiger partial charge on any atom is -0.438 e. The number of carbonyl (C=O) groups excluding carboxylic acids is 2. The van der Waals surface area contributed by atoms with Crippen LogP contribution in [0.25, 0.3) is 6.08 Å². The number of amides is 1. The molecule has 0 N–H and O–H groups in total. The highest BCUT2D eigenvalue weighted by molar-refractivity contribution is 9.10. The Balaban J connectivity index is 1.77. The van der Waals surface area contributed by atoms with Crippen molar-refractivity contribution in [2.75, 3.05) is 0 Å². The maximum Gasteiger partial charge on any atom is 0.263 e. The summed E-state index contributed by atoms with van der Waals surface area (Å²) in [5.41, 5.74) is 0.761. The predicted molar refractivity (Wildman–Crippen MR) is 135 cm³/mol. The van der Waals surface area contributed by atoms with E-state index in [2.05, 4.69) is 21.0 Å². The largest absolute Gasteiger partial charge is 0.438 e. The first-order chi connectivity index (χ1) is 16.2. The van der Waals surface area contributed by atoms with Crippen molar-refractivity contribution in [2.24, 2.45) is 10.5 Å². The fourth-order valence-corrected chi connectivity index (χ4v) is 4.48. The van der Waals surface area contributed by atoms with E-state index < -0.39 is 11.1 Å². The summed E-state index contributed by atoms with van der Waals surface area (Å²) in [6, 6.07) is 24.3. The SMILES string of the molecule is CC(C)(C)C(=O)N1N=C(c2ccccc2)O[C@@]12/C(=C\c1ccc(Br)cc1)C(=O)c1ccccc12. The molecule has 6 heteroatoms. The Morgan fingerprint density at radius 2 is 1.62 bits per heavy atom. The standard InChI is InChI=1S/C28H23BrN2O3/c1-27(2,3)26(33)31-28(34-25(30-31)19-9-5-4-6-10-19)22-12-8-7-11-21(22)24(32)23(28)17-18-13-15-20(29)16-14-18/h4-17H,1-3H3/b23-17-/t28-/m0/s1. The Kier molecular flexibility index (Phi) is 5.29. The predicted octanol–water partition coefficient (Wildman–Crippen LogP) is 6.15. The third-order valence-electron chi connectivity index (χ3n) is 5.92. The Morgan fingerprint density at radius 3 is 2.29 bits per heavy atom. The fourth-order valence-electron chi connectivity index (χ4n) is 4.22. The second-order valence-corrected chi connectivity index (χ2v) is 10.3. The number of halogens is 1. The van der Waals surface area contributed by atoms with Crippen LogP contribution < -0.4 is 0 Å². The van der Waals surface area contributed by atoms with Gasteiger partial charge in [0, 0.05) is 26.6 Å². The number of ether oxygens (including phenoxy) is 1. The normalized spacial score (nSPS) is 20.5. The van der Waals surface area contributed by atoms with Crippen LogP contribution in [0.3, 0.4) is 0 Å². The van der Waals surface area contributed by atoms with Crippen LogP contribution in [0.2, 0.25) is 0 Å². The van der Waals surface area contributed by atoms with Crippen LogP contribution in [0.5, 0.6) is 0 Å². The molecule has 1 aliphatic heterocycles. The van der Waals surface area contributed by atoms with Gasteiger partial charge < -0.3 is 4.74 Å². The number of hydrogen-bond donors (Lipinski definition) is 0. The van der Waals surface area contributed by atoms with Gasteiger partial charge in [0.05, 0.1) is 5.57 Å². The van der Waals surface area contributed by atoms with Crippen LogP contribution in [0.4, 0.5) is 0 Å². The molecule has 170 valence electrons. The highest BCUT2D eigenvalue weighted by Gasteiger charge is 2.61. The average molecular weight is 515 g/mol. The lowest BCUT2D eigenvalue weighted by Gasteiger charge is -2.35. The minimum absolute atomic E-state index is 0.185. The van der Waals surface area contributed by atoms with E-state index >= 15 is 0 Å². The molecule has 0 radical (unpaired) electrons. The number of hydrazone groups is 1. The molecule has 3 aromatic carbocycles. The van der Waals surface area contributed by atoms with Crippen molar-refractivity contribution >= 4 is 39.6 Å². The number of fused-ring (bicyclic) bond motifs is 2. The van der Waals surface area contributed by atoms with Crippen LogP contribution in [-0.2, 0) is 15.3 Å². The molecule has 0 saturated carbocycles. The maximum absolute atomic E-state index is 13.8. The third-order valence-corrected chi connectivity index (χ3v) is 6.44. The molecule has 1 aliphatic carbocycles. The molecule has 5 nitrogen and oxygen atoms in total. The molecule has 0 fully saturated rings. The van der Waals surface area contributed by atoms with Crippen molar-refractivity contribution < 1.29 is 14.3 Å². The maximum atomic E-state index is 13.8. The van der Waals surface area contributed by atoms with Crippen molar-refractivity contribution in [3.05, 3.63) is 111 Å². The summed E-state index contributed by atoms with van der Waals surface area (Å²) < 4.78 is 7.52. The highest BCUT2D eigenvalue weighted by atomic mass is 79.9. The summed E-state index contributed by atoms with van der Waals surface area (Å²) in [4.78, 5) is 27.5. The number of nitrogens with zero attached hydrogens (tertiary/aromatic N) is 2. The molecule has 0 aromatic heterocycles. The quantitative estimate of drug-likeness (QED) is 0.385. The number of ketones is 1. The van der Waals surface area contributed by atoms with Gasteiger partial charge in [0.15, 0.2) is 5.78 Å². The Morgan fingerprint density at radius 1 is 0.971 bits per heavy atom. The number of carbonyl (C=O) groups is 2. The van der Waals surface area contributed by atoms with E-state index in [-0.39, 0.29) is 11.7 Å². The van der Waals surface area contributed by atoms with E-state index in [1.54, 1.807) is 12.1 Å². The second kappa shape index (κ2) is 8.06. The molecule has 0 unspecified atom stereocenters. The summed E-state index contributed by atoms with van der Waals surface area (Å²) in [7, 11) is 0. The Bertz CT molecular complexity index is 1350. The fraction of sp³-hybridized carbons (Fsp3) is 0.179. The number of rotatable bonds is 2. The van der Waals surface area contributed by atoms with Crippen LogP contribution >= 0.6 is 15.9 Å². The summed E-state index contributed by atoms with van der Waals surface area (Å²) in [5.74, 6) is -0.135. The Labute approximate surface area is 206 Å². The summed E-state index contributed by atoms with van der Waals surface area (Å²) >= 11 is 3.45. The zero-order valence-corrected chi connectivity index (χ0v) is 20.7. The molecule has 0 saturated heterocycles. The molecule has 1 spiro atoms. The van der Waals surface area contributed by atoms with Crippen molar-refractivity contribution in [1.82, 2.24) is 5.01 Å². The van der Waals surface area contributed by atoms with Crippen molar-refractivity contribution in [1.29, 1.82) is 0 Å². The first kappa shape index (κ1) is 22.3. The topological polar surface area (TPSA) is 59.0 Å². The number of Topliss-reactive ketones (excluding diaryl/α,β-unsaturated/α-hetero) is 1. The second-order valence-electron chi connectivity index (χ2n) is 9.37. The summed E-state index contributed by atoms with van der Waals surface area (Å²) in [6.07, 6.45) is 1.79. The van der Waals surface area contributed by atoms with Crippen molar-refractivity contribution in [3.63, 3.8) is 0 Å². The molecule has 0 bridgehead atoms.